The van der Waals surface area contributed by atoms with Crippen molar-refractivity contribution in [2.24, 2.45) is 0 Å². The van der Waals surface area contributed by atoms with E-state index in [-0.39, 0.29) is 23.6 Å². The van der Waals surface area contributed by atoms with Gasteiger partial charge in [-0.15, -0.1) is 0 Å². The first-order valence-corrected chi connectivity index (χ1v) is 11.5. The molecule has 0 aliphatic carbocycles. The van der Waals surface area contributed by atoms with Crippen molar-refractivity contribution < 1.29 is 15.0 Å². The molecule has 0 unspecified atom stereocenters. The predicted octanol–water partition coefficient (Wildman–Crippen LogP) is 3.61. The van der Waals surface area contributed by atoms with Crippen LogP contribution in [0.5, 0.6) is 5.75 Å². The molecule has 180 valence electrons. The van der Waals surface area contributed by atoms with E-state index in [9.17, 15) is 15.0 Å². The summed E-state index contributed by atoms with van der Waals surface area (Å²) >= 11 is 0. The first-order valence-electron chi connectivity index (χ1n) is 11.5. The standard InChI is InChI=1S/C27H34N4O3/c1-4-31(22-9-6-10-23(32)15-22)26(34)14-19-7-5-8-20(13-19)16-27(2,3)30-18-24(33)21-11-12-25(28)29-17-21/h5-13,15,17,24,30,32-33H,4,14,16,18H2,1-3H3,(H2,28,29)/t24-/m0/s1. The summed E-state index contributed by atoms with van der Waals surface area (Å²) in [7, 11) is 0. The molecule has 0 spiro atoms. The number of likely N-dealkylation sites (N-methyl/N-ethyl adjacent to an activating group) is 1. The number of phenols is 1. The molecule has 0 bridgehead atoms. The van der Waals surface area contributed by atoms with Gasteiger partial charge in [-0.25, -0.2) is 4.98 Å². The van der Waals surface area contributed by atoms with Gasteiger partial charge in [0.15, 0.2) is 0 Å². The summed E-state index contributed by atoms with van der Waals surface area (Å²) in [6, 6.07) is 18.2. The molecule has 7 heteroatoms. The van der Waals surface area contributed by atoms with Crippen LogP contribution in [-0.2, 0) is 17.6 Å². The van der Waals surface area contributed by atoms with Crippen molar-refractivity contribution in [2.75, 3.05) is 23.7 Å². The molecule has 1 amide bonds. The number of aromatic hydroxyl groups is 1. The largest absolute Gasteiger partial charge is 0.508 e. The molecule has 0 radical (unpaired) electrons. The molecule has 0 aliphatic rings. The molecule has 3 rings (SSSR count). The van der Waals surface area contributed by atoms with Gasteiger partial charge in [0, 0.05) is 42.1 Å². The molecule has 2 aromatic carbocycles. The average molecular weight is 463 g/mol. The number of rotatable bonds is 10. The Morgan fingerprint density at radius 3 is 2.53 bits per heavy atom. The summed E-state index contributed by atoms with van der Waals surface area (Å²) in [5, 5.41) is 23.7. The number of nitrogens with two attached hydrogens (primary N) is 1. The smallest absolute Gasteiger partial charge is 0.231 e. The number of carbonyl (C=O) groups excluding carboxylic acids is 1. The molecule has 7 nitrogen and oxygen atoms in total. The van der Waals surface area contributed by atoms with E-state index < -0.39 is 6.10 Å². The van der Waals surface area contributed by atoms with Crippen molar-refractivity contribution in [3.8, 4) is 5.75 Å². The minimum atomic E-state index is -0.686. The minimum absolute atomic E-state index is 0.0251. The van der Waals surface area contributed by atoms with Crippen LogP contribution in [0.3, 0.4) is 0 Å². The summed E-state index contributed by atoms with van der Waals surface area (Å²) in [6.45, 7) is 6.98. The Bertz CT molecular complexity index is 1100. The van der Waals surface area contributed by atoms with E-state index in [0.29, 0.717) is 30.2 Å². The number of β-amino-alcohol motifs (C(OH)–C–C–N with tert-alkyl or cyclic N) is 1. The molecule has 0 saturated heterocycles. The van der Waals surface area contributed by atoms with Crippen LogP contribution >= 0.6 is 0 Å². The van der Waals surface area contributed by atoms with E-state index in [1.54, 1.807) is 41.4 Å². The maximum Gasteiger partial charge on any atom is 0.231 e. The number of phenolic OH excluding ortho intramolecular Hbond substituents is 1. The maximum absolute atomic E-state index is 13.0. The first kappa shape index (κ1) is 25.2. The zero-order chi connectivity index (χ0) is 24.7. The molecular formula is C27H34N4O3. The summed E-state index contributed by atoms with van der Waals surface area (Å²) in [5.41, 5.74) is 8.78. The number of nitrogen functional groups attached to an aromatic ring is 1. The molecule has 0 fully saturated rings. The molecule has 1 atom stereocenters. The highest BCUT2D eigenvalue weighted by Gasteiger charge is 2.21. The Morgan fingerprint density at radius 1 is 1.12 bits per heavy atom. The van der Waals surface area contributed by atoms with E-state index in [1.807, 2.05) is 31.2 Å². The van der Waals surface area contributed by atoms with Gasteiger partial charge in [-0.05, 0) is 56.5 Å². The van der Waals surface area contributed by atoms with Crippen molar-refractivity contribution in [3.05, 3.63) is 83.6 Å². The number of anilines is 2. The molecule has 34 heavy (non-hydrogen) atoms. The third-order valence-corrected chi connectivity index (χ3v) is 5.72. The Kier molecular flexibility index (Phi) is 8.26. The summed E-state index contributed by atoms with van der Waals surface area (Å²) in [6.07, 6.45) is 1.90. The van der Waals surface area contributed by atoms with Gasteiger partial charge in [0.1, 0.15) is 11.6 Å². The maximum atomic E-state index is 13.0. The van der Waals surface area contributed by atoms with Crippen molar-refractivity contribution in [1.29, 1.82) is 0 Å². The lowest BCUT2D eigenvalue weighted by Gasteiger charge is -2.28. The number of amides is 1. The monoisotopic (exact) mass is 462 g/mol. The fourth-order valence-electron chi connectivity index (χ4n) is 3.96. The normalized spacial score (nSPS) is 12.4. The number of nitrogens with one attached hydrogen (secondary N) is 1. The average Bonchev–Trinajstić information content (AvgIpc) is 2.78. The molecule has 0 saturated carbocycles. The van der Waals surface area contributed by atoms with Gasteiger partial charge in [-0.1, -0.05) is 36.4 Å². The number of carbonyl (C=O) groups is 1. The van der Waals surface area contributed by atoms with Gasteiger partial charge < -0.3 is 26.2 Å². The van der Waals surface area contributed by atoms with Gasteiger partial charge in [0.25, 0.3) is 0 Å². The predicted molar refractivity (Wildman–Crippen MR) is 136 cm³/mol. The number of benzene rings is 2. The van der Waals surface area contributed by atoms with Gasteiger partial charge in [0.05, 0.1) is 12.5 Å². The number of aliphatic hydroxyl groups excluding tert-OH is 1. The second-order valence-corrected chi connectivity index (χ2v) is 9.13. The Labute approximate surface area is 201 Å². The summed E-state index contributed by atoms with van der Waals surface area (Å²) < 4.78 is 0. The van der Waals surface area contributed by atoms with Crippen molar-refractivity contribution >= 4 is 17.4 Å². The fraction of sp³-hybridized carbons (Fsp3) is 0.333. The van der Waals surface area contributed by atoms with Crippen molar-refractivity contribution in [1.82, 2.24) is 10.3 Å². The number of pyridine rings is 1. The zero-order valence-corrected chi connectivity index (χ0v) is 20.0. The summed E-state index contributed by atoms with van der Waals surface area (Å²) in [4.78, 5) is 18.7. The van der Waals surface area contributed by atoms with Crippen LogP contribution in [0.1, 0.15) is 43.6 Å². The van der Waals surface area contributed by atoms with Gasteiger partial charge in [0.2, 0.25) is 5.91 Å². The number of hydrogen-bond donors (Lipinski definition) is 4. The van der Waals surface area contributed by atoms with Crippen LogP contribution < -0.4 is 16.0 Å². The van der Waals surface area contributed by atoms with E-state index in [1.165, 1.54) is 0 Å². The zero-order valence-electron chi connectivity index (χ0n) is 20.0. The minimum Gasteiger partial charge on any atom is -0.508 e. The van der Waals surface area contributed by atoms with Gasteiger partial charge in [-0.3, -0.25) is 4.79 Å². The topological polar surface area (TPSA) is 112 Å². The Hall–Kier alpha value is -3.42. The van der Waals surface area contributed by atoms with Crippen LogP contribution in [0.25, 0.3) is 0 Å². The third-order valence-electron chi connectivity index (χ3n) is 5.72. The quantitative estimate of drug-likeness (QED) is 0.366. The Morgan fingerprint density at radius 2 is 1.85 bits per heavy atom. The molecule has 1 heterocycles. The Balaban J connectivity index is 1.61. The number of nitrogens with zero attached hydrogens (tertiary/aromatic N) is 2. The van der Waals surface area contributed by atoms with Crippen LogP contribution in [0.15, 0.2) is 66.9 Å². The van der Waals surface area contributed by atoms with E-state index in [0.717, 1.165) is 17.5 Å². The van der Waals surface area contributed by atoms with E-state index >= 15 is 0 Å². The molecular weight excluding hydrogens is 428 g/mol. The van der Waals surface area contributed by atoms with Crippen molar-refractivity contribution in [2.45, 2.75) is 45.3 Å². The second-order valence-electron chi connectivity index (χ2n) is 9.13. The van der Waals surface area contributed by atoms with Crippen LogP contribution in [0, 0.1) is 0 Å². The second kappa shape index (κ2) is 11.1. The highest BCUT2D eigenvalue weighted by atomic mass is 16.3. The van der Waals surface area contributed by atoms with Gasteiger partial charge >= 0.3 is 0 Å². The first-order chi connectivity index (χ1) is 16.2. The molecule has 1 aromatic heterocycles. The SMILES string of the molecule is CCN(C(=O)Cc1cccc(CC(C)(C)NC[C@H](O)c2ccc(N)nc2)c1)c1cccc(O)c1. The number of aromatic nitrogens is 1. The van der Waals surface area contributed by atoms with E-state index in [4.69, 9.17) is 5.73 Å². The number of hydrogen-bond acceptors (Lipinski definition) is 6. The molecule has 0 aliphatic heterocycles. The van der Waals surface area contributed by atoms with Crippen molar-refractivity contribution in [3.63, 3.8) is 0 Å². The van der Waals surface area contributed by atoms with Crippen LogP contribution in [-0.4, -0.2) is 39.7 Å². The van der Waals surface area contributed by atoms with Crippen LogP contribution in [0.4, 0.5) is 11.5 Å². The van der Waals surface area contributed by atoms with Gasteiger partial charge in [-0.2, -0.15) is 0 Å². The molecule has 5 N–H and O–H groups in total. The lowest BCUT2D eigenvalue weighted by atomic mass is 9.93. The molecule has 3 aromatic rings. The lowest BCUT2D eigenvalue weighted by Crippen LogP contribution is -2.43. The fourth-order valence-corrected chi connectivity index (χ4v) is 3.96. The highest BCUT2D eigenvalue weighted by molar-refractivity contribution is 5.94. The lowest BCUT2D eigenvalue weighted by molar-refractivity contribution is -0.117. The summed E-state index contributed by atoms with van der Waals surface area (Å²) in [5.74, 6) is 0.535. The highest BCUT2D eigenvalue weighted by Crippen LogP contribution is 2.22. The number of aliphatic hydroxyl groups is 1. The third kappa shape index (κ3) is 7.04. The van der Waals surface area contributed by atoms with E-state index in [2.05, 4.69) is 30.2 Å². The van der Waals surface area contributed by atoms with Crippen LogP contribution in [0.2, 0.25) is 0 Å².